The third-order valence-corrected chi connectivity index (χ3v) is 6.06. The first kappa shape index (κ1) is 16.7. The minimum Gasteiger partial charge on any atom is -0.454 e. The molecule has 0 bridgehead atoms. The van der Waals surface area contributed by atoms with E-state index in [0.29, 0.717) is 13.0 Å². The first-order valence-corrected chi connectivity index (χ1v) is 9.21. The summed E-state index contributed by atoms with van der Waals surface area (Å²) in [4.78, 5) is 13.6. The summed E-state index contributed by atoms with van der Waals surface area (Å²) in [5, 5.41) is 11.2. The Morgan fingerprint density at radius 3 is 2.96 bits per heavy atom. The van der Waals surface area contributed by atoms with E-state index in [-0.39, 0.29) is 24.7 Å². The summed E-state index contributed by atoms with van der Waals surface area (Å²) >= 11 is 0. The number of hydrogen-bond acceptors (Lipinski definition) is 5. The van der Waals surface area contributed by atoms with Crippen molar-refractivity contribution in [3.05, 3.63) is 23.8 Å². The number of carbonyl (C=O) groups is 1. The zero-order chi connectivity index (χ0) is 17.4. The number of ether oxygens (including phenoxy) is 2. The molecule has 2 fully saturated rings. The predicted molar refractivity (Wildman–Crippen MR) is 92.2 cm³/mol. The fourth-order valence-electron chi connectivity index (χ4n) is 4.79. The molecule has 1 amide bonds. The Kier molecular flexibility index (Phi) is 4.33. The van der Waals surface area contributed by atoms with Gasteiger partial charge in [0.15, 0.2) is 11.5 Å². The molecule has 6 nitrogen and oxygen atoms in total. The van der Waals surface area contributed by atoms with E-state index >= 15 is 0 Å². The zero-order valence-electron chi connectivity index (χ0n) is 14.4. The Morgan fingerprint density at radius 1 is 1.28 bits per heavy atom. The molecule has 0 spiro atoms. The highest BCUT2D eigenvalue weighted by atomic mass is 16.7. The summed E-state index contributed by atoms with van der Waals surface area (Å²) in [6.07, 6.45) is 5.19. The van der Waals surface area contributed by atoms with Gasteiger partial charge in [0.05, 0.1) is 5.60 Å². The number of benzene rings is 1. The SMILES string of the molecule is NC(=O)CCN1CC[C@]2(O)CCCC[C@H]2[C@H]1c1ccc2c(c1)OCO2. The van der Waals surface area contributed by atoms with E-state index in [1.165, 1.54) is 0 Å². The standard InChI is InChI=1S/C19H26N2O4/c20-17(22)6-9-21-10-8-19(23)7-2-1-3-14(19)18(21)13-4-5-15-16(11-13)25-12-24-15/h4-5,11,14,18,23H,1-3,6-10,12H2,(H2,20,22)/t14-,18+,19+/m0/s1. The quantitative estimate of drug-likeness (QED) is 0.870. The molecule has 0 aromatic heterocycles. The molecule has 3 N–H and O–H groups in total. The Morgan fingerprint density at radius 2 is 2.12 bits per heavy atom. The normalized spacial score (nSPS) is 31.6. The van der Waals surface area contributed by atoms with Gasteiger partial charge >= 0.3 is 0 Å². The summed E-state index contributed by atoms with van der Waals surface area (Å²) in [6, 6.07) is 6.12. The zero-order valence-corrected chi connectivity index (χ0v) is 14.4. The van der Waals surface area contributed by atoms with Gasteiger partial charge in [-0.05, 0) is 37.0 Å². The Labute approximate surface area is 147 Å². The molecule has 2 aliphatic heterocycles. The van der Waals surface area contributed by atoms with Crippen molar-refractivity contribution in [2.75, 3.05) is 19.9 Å². The number of fused-ring (bicyclic) bond motifs is 2. The number of primary amides is 1. The van der Waals surface area contributed by atoms with Crippen LogP contribution in [0.4, 0.5) is 0 Å². The number of likely N-dealkylation sites (tertiary alicyclic amines) is 1. The highest BCUT2D eigenvalue weighted by Crippen LogP contribution is 2.50. The minimum atomic E-state index is -0.609. The minimum absolute atomic E-state index is 0.0768. The number of piperidine rings is 1. The molecular weight excluding hydrogens is 320 g/mol. The van der Waals surface area contributed by atoms with E-state index in [0.717, 1.165) is 55.7 Å². The molecule has 1 saturated heterocycles. The Bertz CT molecular complexity index is 665. The van der Waals surface area contributed by atoms with Gasteiger partial charge in [-0.1, -0.05) is 18.9 Å². The molecule has 0 radical (unpaired) electrons. The average molecular weight is 346 g/mol. The monoisotopic (exact) mass is 346 g/mol. The highest BCUT2D eigenvalue weighted by Gasteiger charge is 2.48. The number of nitrogens with two attached hydrogens (primary N) is 1. The molecule has 6 heteroatoms. The fourth-order valence-corrected chi connectivity index (χ4v) is 4.79. The lowest BCUT2D eigenvalue weighted by Crippen LogP contribution is -2.55. The topological polar surface area (TPSA) is 85.0 Å². The number of nitrogens with zero attached hydrogens (tertiary/aromatic N) is 1. The van der Waals surface area contributed by atoms with Gasteiger partial charge in [-0.25, -0.2) is 0 Å². The van der Waals surface area contributed by atoms with Crippen LogP contribution in [0, 0.1) is 5.92 Å². The maximum absolute atomic E-state index is 11.3. The lowest BCUT2D eigenvalue weighted by atomic mass is 9.66. The van der Waals surface area contributed by atoms with Crippen molar-refractivity contribution in [3.8, 4) is 11.5 Å². The van der Waals surface area contributed by atoms with Gasteiger partial charge in [-0.3, -0.25) is 9.69 Å². The van der Waals surface area contributed by atoms with Crippen molar-refractivity contribution in [1.29, 1.82) is 0 Å². The summed E-state index contributed by atoms with van der Waals surface area (Å²) in [5.41, 5.74) is 5.89. The maximum atomic E-state index is 11.3. The second kappa shape index (κ2) is 6.50. The maximum Gasteiger partial charge on any atom is 0.231 e. The molecule has 136 valence electrons. The van der Waals surface area contributed by atoms with Gasteiger partial charge in [0.1, 0.15) is 0 Å². The van der Waals surface area contributed by atoms with Crippen LogP contribution in [0.15, 0.2) is 18.2 Å². The molecule has 1 aromatic carbocycles. The molecule has 0 unspecified atom stereocenters. The van der Waals surface area contributed by atoms with Crippen molar-refractivity contribution in [2.45, 2.75) is 50.2 Å². The molecule has 3 aliphatic rings. The summed E-state index contributed by atoms with van der Waals surface area (Å²) in [6.45, 7) is 1.66. The third kappa shape index (κ3) is 3.09. The van der Waals surface area contributed by atoms with Crippen LogP contribution in [0.5, 0.6) is 11.5 Å². The van der Waals surface area contributed by atoms with Crippen LogP contribution in [-0.4, -0.2) is 41.4 Å². The van der Waals surface area contributed by atoms with Gasteiger partial charge < -0.3 is 20.3 Å². The molecule has 1 saturated carbocycles. The summed E-state index contributed by atoms with van der Waals surface area (Å²) < 4.78 is 11.0. The third-order valence-electron chi connectivity index (χ3n) is 6.06. The van der Waals surface area contributed by atoms with Crippen molar-refractivity contribution in [1.82, 2.24) is 4.90 Å². The first-order valence-electron chi connectivity index (χ1n) is 9.21. The Hall–Kier alpha value is -1.79. The van der Waals surface area contributed by atoms with E-state index in [1.54, 1.807) is 0 Å². The van der Waals surface area contributed by atoms with Crippen LogP contribution in [0.2, 0.25) is 0 Å². The van der Waals surface area contributed by atoms with Crippen LogP contribution in [0.3, 0.4) is 0 Å². The molecule has 2 heterocycles. The number of amides is 1. The highest BCUT2D eigenvalue weighted by molar-refractivity contribution is 5.73. The van der Waals surface area contributed by atoms with E-state index in [9.17, 15) is 9.90 Å². The number of hydrogen-bond donors (Lipinski definition) is 2. The van der Waals surface area contributed by atoms with Crippen molar-refractivity contribution < 1.29 is 19.4 Å². The van der Waals surface area contributed by atoms with Crippen molar-refractivity contribution in [3.63, 3.8) is 0 Å². The molecule has 1 aliphatic carbocycles. The van der Waals surface area contributed by atoms with E-state index < -0.39 is 5.60 Å². The van der Waals surface area contributed by atoms with Crippen LogP contribution in [0.1, 0.15) is 50.1 Å². The molecule has 1 aromatic rings. The first-order chi connectivity index (χ1) is 12.1. The average Bonchev–Trinajstić information content (AvgIpc) is 3.06. The van der Waals surface area contributed by atoms with Gasteiger partial charge in [0.2, 0.25) is 12.7 Å². The van der Waals surface area contributed by atoms with Gasteiger partial charge in [0, 0.05) is 31.5 Å². The molecule has 4 rings (SSSR count). The largest absolute Gasteiger partial charge is 0.454 e. The molecule has 25 heavy (non-hydrogen) atoms. The molecule has 3 atom stereocenters. The van der Waals surface area contributed by atoms with Gasteiger partial charge in [0.25, 0.3) is 0 Å². The van der Waals surface area contributed by atoms with Crippen LogP contribution in [0.25, 0.3) is 0 Å². The number of carbonyl (C=O) groups excluding carboxylic acids is 1. The second-order valence-corrected chi connectivity index (χ2v) is 7.52. The smallest absolute Gasteiger partial charge is 0.231 e. The van der Waals surface area contributed by atoms with Crippen LogP contribution in [-0.2, 0) is 4.79 Å². The van der Waals surface area contributed by atoms with E-state index in [2.05, 4.69) is 11.0 Å². The van der Waals surface area contributed by atoms with Gasteiger partial charge in [-0.2, -0.15) is 0 Å². The fraction of sp³-hybridized carbons (Fsp3) is 0.632. The van der Waals surface area contributed by atoms with Gasteiger partial charge in [-0.15, -0.1) is 0 Å². The lowest BCUT2D eigenvalue weighted by molar-refractivity contribution is -0.128. The second-order valence-electron chi connectivity index (χ2n) is 7.52. The van der Waals surface area contributed by atoms with Crippen LogP contribution < -0.4 is 15.2 Å². The van der Waals surface area contributed by atoms with Crippen molar-refractivity contribution in [2.24, 2.45) is 11.7 Å². The lowest BCUT2D eigenvalue weighted by Gasteiger charge is -2.52. The predicted octanol–water partition coefficient (Wildman–Crippen LogP) is 1.96. The van der Waals surface area contributed by atoms with E-state index in [4.69, 9.17) is 15.2 Å². The van der Waals surface area contributed by atoms with Crippen LogP contribution >= 0.6 is 0 Å². The molecular formula is C19H26N2O4. The number of aliphatic hydroxyl groups is 1. The summed E-state index contributed by atoms with van der Waals surface area (Å²) in [7, 11) is 0. The Balaban J connectivity index is 1.67. The van der Waals surface area contributed by atoms with Crippen molar-refractivity contribution >= 4 is 5.91 Å². The van der Waals surface area contributed by atoms with E-state index in [1.807, 2.05) is 12.1 Å². The number of rotatable bonds is 4. The summed E-state index contributed by atoms with van der Waals surface area (Å²) in [5.74, 6) is 1.41.